The van der Waals surface area contributed by atoms with E-state index in [1.807, 2.05) is 24.3 Å². The molecule has 1 aliphatic rings. The summed E-state index contributed by atoms with van der Waals surface area (Å²) in [4.78, 5) is 5.00. The van der Waals surface area contributed by atoms with Crippen molar-refractivity contribution >= 4 is 15.9 Å². The number of halogens is 1. The van der Waals surface area contributed by atoms with E-state index in [-0.39, 0.29) is 11.6 Å². The van der Waals surface area contributed by atoms with Gasteiger partial charge < -0.3 is 10.0 Å². The van der Waals surface area contributed by atoms with E-state index < -0.39 is 0 Å². The van der Waals surface area contributed by atoms with Gasteiger partial charge >= 0.3 is 0 Å². The lowest BCUT2D eigenvalue weighted by Crippen LogP contribution is -2.53. The van der Waals surface area contributed by atoms with E-state index in [2.05, 4.69) is 46.5 Å². The third-order valence-electron chi connectivity index (χ3n) is 4.29. The number of benzene rings is 1. The van der Waals surface area contributed by atoms with Gasteiger partial charge in [0, 0.05) is 42.7 Å². The summed E-state index contributed by atoms with van der Waals surface area (Å²) in [5.41, 5.74) is 1.27. The van der Waals surface area contributed by atoms with Crippen LogP contribution in [0.4, 0.5) is 0 Å². The molecule has 1 aliphatic heterocycles. The van der Waals surface area contributed by atoms with Crippen molar-refractivity contribution < 1.29 is 5.11 Å². The van der Waals surface area contributed by atoms with Gasteiger partial charge in [-0.25, -0.2) is 0 Å². The number of piperazine rings is 1. The van der Waals surface area contributed by atoms with E-state index >= 15 is 0 Å². The van der Waals surface area contributed by atoms with Gasteiger partial charge in [0.15, 0.2) is 0 Å². The van der Waals surface area contributed by atoms with Crippen molar-refractivity contribution in [3.05, 3.63) is 34.3 Å². The van der Waals surface area contributed by atoms with Gasteiger partial charge in [0.25, 0.3) is 0 Å². The van der Waals surface area contributed by atoms with E-state index in [1.165, 1.54) is 0 Å². The van der Waals surface area contributed by atoms with Gasteiger partial charge in [0.1, 0.15) is 0 Å². The smallest absolute Gasteiger partial charge is 0.0802 e. The highest BCUT2D eigenvalue weighted by molar-refractivity contribution is 9.10. The van der Waals surface area contributed by atoms with Crippen molar-refractivity contribution in [3.63, 3.8) is 0 Å². The Hall–Kier alpha value is -0.420. The van der Waals surface area contributed by atoms with Crippen LogP contribution in [0, 0.1) is 0 Å². The first-order valence-electron chi connectivity index (χ1n) is 7.77. The molecule has 0 saturated carbocycles. The molecular weight excluding hydrogens is 328 g/mol. The van der Waals surface area contributed by atoms with E-state index in [9.17, 15) is 5.11 Å². The highest BCUT2D eigenvalue weighted by atomic mass is 79.9. The van der Waals surface area contributed by atoms with Gasteiger partial charge in [0.2, 0.25) is 0 Å². The van der Waals surface area contributed by atoms with Crippen LogP contribution in [-0.4, -0.2) is 53.2 Å². The number of nitrogens with zero attached hydrogens (tertiary/aromatic N) is 2. The fourth-order valence-corrected chi connectivity index (χ4v) is 3.06. The monoisotopic (exact) mass is 354 g/mol. The van der Waals surface area contributed by atoms with Gasteiger partial charge in [-0.15, -0.1) is 0 Å². The summed E-state index contributed by atoms with van der Waals surface area (Å²) < 4.78 is 1.05. The molecule has 1 heterocycles. The average molecular weight is 355 g/mol. The van der Waals surface area contributed by atoms with Crippen LogP contribution < -0.4 is 0 Å². The molecule has 2 rings (SSSR count). The van der Waals surface area contributed by atoms with Crippen LogP contribution in [0.25, 0.3) is 0 Å². The molecule has 0 aliphatic carbocycles. The summed E-state index contributed by atoms with van der Waals surface area (Å²) in [5, 5.41) is 10.3. The second-order valence-corrected chi connectivity index (χ2v) is 7.77. The Kier molecular flexibility index (Phi) is 5.83. The Morgan fingerprint density at radius 3 is 2.19 bits per heavy atom. The summed E-state index contributed by atoms with van der Waals surface area (Å²) in [5.74, 6) is 0. The van der Waals surface area contributed by atoms with Crippen molar-refractivity contribution in [3.8, 4) is 0 Å². The Morgan fingerprint density at radius 1 is 1.10 bits per heavy atom. The topological polar surface area (TPSA) is 26.7 Å². The molecule has 1 aromatic rings. The number of aliphatic hydroxyl groups is 1. The van der Waals surface area contributed by atoms with E-state index in [1.54, 1.807) is 0 Å². The Labute approximate surface area is 137 Å². The zero-order valence-corrected chi connectivity index (χ0v) is 14.9. The molecule has 0 amide bonds. The molecule has 0 aromatic heterocycles. The van der Waals surface area contributed by atoms with Crippen molar-refractivity contribution in [2.75, 3.05) is 32.7 Å². The lowest BCUT2D eigenvalue weighted by atomic mass is 10.0. The standard InChI is InChI=1S/C17H27BrN2O/c1-17(2,3)20-12-10-19(11-13-20)9-8-16(21)14-4-6-15(18)7-5-14/h4-7,16,21H,8-13H2,1-3H3. The zero-order chi connectivity index (χ0) is 15.5. The molecule has 0 spiro atoms. The fraction of sp³-hybridized carbons (Fsp3) is 0.647. The quantitative estimate of drug-likeness (QED) is 0.898. The first-order chi connectivity index (χ1) is 9.86. The molecule has 1 atom stereocenters. The Morgan fingerprint density at radius 2 is 1.67 bits per heavy atom. The summed E-state index contributed by atoms with van der Waals surface area (Å²) in [6, 6.07) is 7.96. The molecular formula is C17H27BrN2O. The normalized spacial score (nSPS) is 19.7. The van der Waals surface area contributed by atoms with Crippen LogP contribution in [0.2, 0.25) is 0 Å². The third-order valence-corrected chi connectivity index (χ3v) is 4.82. The molecule has 4 heteroatoms. The molecule has 0 bridgehead atoms. The molecule has 1 N–H and O–H groups in total. The summed E-state index contributed by atoms with van der Waals surface area (Å²) in [7, 11) is 0. The van der Waals surface area contributed by atoms with E-state index in [4.69, 9.17) is 0 Å². The van der Waals surface area contributed by atoms with Crippen LogP contribution in [0.15, 0.2) is 28.7 Å². The Bertz CT molecular complexity index is 433. The maximum Gasteiger partial charge on any atom is 0.0802 e. The first-order valence-corrected chi connectivity index (χ1v) is 8.56. The molecule has 0 radical (unpaired) electrons. The summed E-state index contributed by atoms with van der Waals surface area (Å²) in [6.45, 7) is 12.2. The summed E-state index contributed by atoms with van der Waals surface area (Å²) >= 11 is 3.42. The highest BCUT2D eigenvalue weighted by Crippen LogP contribution is 2.21. The zero-order valence-electron chi connectivity index (χ0n) is 13.3. The number of rotatable bonds is 4. The minimum Gasteiger partial charge on any atom is -0.388 e. The second kappa shape index (κ2) is 7.23. The molecule has 3 nitrogen and oxygen atoms in total. The molecule has 1 unspecified atom stereocenters. The first kappa shape index (κ1) is 16.9. The largest absolute Gasteiger partial charge is 0.388 e. The highest BCUT2D eigenvalue weighted by Gasteiger charge is 2.25. The maximum absolute atomic E-state index is 10.3. The van der Waals surface area contributed by atoms with Gasteiger partial charge in [-0.1, -0.05) is 28.1 Å². The molecule has 118 valence electrons. The van der Waals surface area contributed by atoms with Gasteiger partial charge in [-0.3, -0.25) is 4.90 Å². The SMILES string of the molecule is CC(C)(C)N1CCN(CCC(O)c2ccc(Br)cc2)CC1. The van der Waals surface area contributed by atoms with Gasteiger partial charge in [0.05, 0.1) is 6.10 Å². The molecule has 1 fully saturated rings. The second-order valence-electron chi connectivity index (χ2n) is 6.86. The van der Waals surface area contributed by atoms with Gasteiger partial charge in [-0.2, -0.15) is 0 Å². The molecule has 21 heavy (non-hydrogen) atoms. The minimum absolute atomic E-state index is 0.267. The van der Waals surface area contributed by atoms with Crippen LogP contribution in [0.3, 0.4) is 0 Å². The minimum atomic E-state index is -0.362. The third kappa shape index (κ3) is 5.06. The average Bonchev–Trinajstić information content (AvgIpc) is 2.45. The number of hydrogen-bond donors (Lipinski definition) is 1. The van der Waals surface area contributed by atoms with Crippen LogP contribution in [0.1, 0.15) is 38.9 Å². The Balaban J connectivity index is 1.76. The maximum atomic E-state index is 10.3. The lowest BCUT2D eigenvalue weighted by Gasteiger charge is -2.42. The predicted molar refractivity (Wildman–Crippen MR) is 91.5 cm³/mol. The lowest BCUT2D eigenvalue weighted by molar-refractivity contribution is 0.0533. The van der Waals surface area contributed by atoms with E-state index in [0.29, 0.717) is 0 Å². The van der Waals surface area contributed by atoms with Crippen LogP contribution >= 0.6 is 15.9 Å². The van der Waals surface area contributed by atoms with Gasteiger partial charge in [-0.05, 0) is 44.9 Å². The number of hydrogen-bond acceptors (Lipinski definition) is 3. The van der Waals surface area contributed by atoms with Crippen LogP contribution in [0.5, 0.6) is 0 Å². The van der Waals surface area contributed by atoms with E-state index in [0.717, 1.165) is 49.2 Å². The van der Waals surface area contributed by atoms with Crippen molar-refractivity contribution in [1.29, 1.82) is 0 Å². The molecule has 1 saturated heterocycles. The predicted octanol–water partition coefficient (Wildman–Crippen LogP) is 3.29. The van der Waals surface area contributed by atoms with Crippen molar-refractivity contribution in [2.45, 2.75) is 38.8 Å². The van der Waals surface area contributed by atoms with Crippen molar-refractivity contribution in [2.24, 2.45) is 0 Å². The summed E-state index contributed by atoms with van der Waals surface area (Å²) in [6.07, 6.45) is 0.440. The van der Waals surface area contributed by atoms with Crippen molar-refractivity contribution in [1.82, 2.24) is 9.80 Å². The van der Waals surface area contributed by atoms with Crippen LogP contribution in [-0.2, 0) is 0 Å². The fourth-order valence-electron chi connectivity index (χ4n) is 2.80. The number of aliphatic hydroxyl groups excluding tert-OH is 1. The molecule has 1 aromatic carbocycles.